The first-order valence-corrected chi connectivity index (χ1v) is 15.5. The Labute approximate surface area is 250 Å². The summed E-state index contributed by atoms with van der Waals surface area (Å²) < 4.78 is 36.9. The quantitative estimate of drug-likeness (QED) is 0.250. The van der Waals surface area contributed by atoms with Gasteiger partial charge in [-0.05, 0) is 50.9 Å². The fraction of sp³-hybridized carbons (Fsp3) is 0.448. The molecule has 0 bridgehead atoms. The minimum absolute atomic E-state index is 0.0476. The summed E-state index contributed by atoms with van der Waals surface area (Å²) in [4.78, 5) is 36.1. The van der Waals surface area contributed by atoms with E-state index < -0.39 is 23.8 Å². The summed E-state index contributed by atoms with van der Waals surface area (Å²) in [6.07, 6.45) is 12.7. The molecule has 14 heteroatoms. The summed E-state index contributed by atoms with van der Waals surface area (Å²) in [6, 6.07) is 2.01. The van der Waals surface area contributed by atoms with E-state index in [1.165, 1.54) is 30.2 Å². The lowest BCUT2D eigenvalue weighted by atomic mass is 9.96. The van der Waals surface area contributed by atoms with Gasteiger partial charge in [-0.1, -0.05) is 25.7 Å². The van der Waals surface area contributed by atoms with Crippen LogP contribution in [0.5, 0.6) is 0 Å². The standard InChI is InChI=1S/C29H32F2N8O3S/c30-21-9-10-24(31)35-25(21)26-22(17-38(36-26)20-7-3-1-4-8-20)33-27(40)23-18-43-28(34-23)19-15-32-39(16-19)29(41)42-14-13-37-11-5-2-6-12-37/h9-10,15-18,20H,1-8,11-14H2,(H,33,40). The second kappa shape index (κ2) is 13.1. The van der Waals surface area contributed by atoms with E-state index in [0.717, 1.165) is 74.8 Å². The third-order valence-electron chi connectivity index (χ3n) is 7.80. The highest BCUT2D eigenvalue weighted by Crippen LogP contribution is 2.34. The molecular formula is C29H32F2N8O3S. The minimum Gasteiger partial charge on any atom is -0.447 e. The number of likely N-dealkylation sites (tertiary alicyclic amines) is 1. The molecule has 43 heavy (non-hydrogen) atoms. The molecule has 1 saturated heterocycles. The van der Waals surface area contributed by atoms with E-state index in [4.69, 9.17) is 4.74 Å². The van der Waals surface area contributed by atoms with Gasteiger partial charge in [-0.25, -0.2) is 19.2 Å². The van der Waals surface area contributed by atoms with Gasteiger partial charge in [0.2, 0.25) is 5.95 Å². The summed E-state index contributed by atoms with van der Waals surface area (Å²) in [5, 5.41) is 13.4. The Bertz CT molecular complexity index is 1590. The highest BCUT2D eigenvalue weighted by molar-refractivity contribution is 7.13. The number of hydrogen-bond acceptors (Lipinski definition) is 9. The van der Waals surface area contributed by atoms with Gasteiger partial charge in [-0.15, -0.1) is 11.3 Å². The number of thiazole rings is 1. The predicted molar refractivity (Wildman–Crippen MR) is 156 cm³/mol. The largest absolute Gasteiger partial charge is 0.447 e. The van der Waals surface area contributed by atoms with E-state index in [1.54, 1.807) is 16.3 Å². The number of anilines is 1. The lowest BCUT2D eigenvalue weighted by molar-refractivity contribution is 0.102. The first kappa shape index (κ1) is 29.1. The van der Waals surface area contributed by atoms with Crippen LogP contribution < -0.4 is 5.32 Å². The molecule has 5 heterocycles. The summed E-state index contributed by atoms with van der Waals surface area (Å²) >= 11 is 1.21. The molecule has 2 fully saturated rings. The molecule has 1 amide bonds. The van der Waals surface area contributed by atoms with Crippen molar-refractivity contribution in [3.8, 4) is 22.0 Å². The van der Waals surface area contributed by atoms with Crippen LogP contribution in [0.4, 0.5) is 19.3 Å². The molecule has 0 aromatic carbocycles. The lowest BCUT2D eigenvalue weighted by Crippen LogP contribution is -2.33. The predicted octanol–water partition coefficient (Wildman–Crippen LogP) is 5.77. The van der Waals surface area contributed by atoms with Crippen molar-refractivity contribution in [3.63, 3.8) is 0 Å². The summed E-state index contributed by atoms with van der Waals surface area (Å²) in [5.74, 6) is -2.14. The molecule has 4 aromatic heterocycles. The Morgan fingerprint density at radius 3 is 2.60 bits per heavy atom. The van der Waals surface area contributed by atoms with Crippen molar-refractivity contribution >= 4 is 29.0 Å². The van der Waals surface area contributed by atoms with Crippen LogP contribution in [0.3, 0.4) is 0 Å². The van der Waals surface area contributed by atoms with Gasteiger partial charge < -0.3 is 10.1 Å². The Balaban J connectivity index is 1.15. The third-order valence-corrected chi connectivity index (χ3v) is 8.69. The molecule has 0 atom stereocenters. The maximum Gasteiger partial charge on any atom is 0.434 e. The number of rotatable bonds is 8. The fourth-order valence-electron chi connectivity index (χ4n) is 5.52. The van der Waals surface area contributed by atoms with Gasteiger partial charge in [0, 0.05) is 29.9 Å². The van der Waals surface area contributed by atoms with Crippen molar-refractivity contribution in [2.45, 2.75) is 57.4 Å². The van der Waals surface area contributed by atoms with Crippen LogP contribution in [-0.2, 0) is 4.74 Å². The van der Waals surface area contributed by atoms with Gasteiger partial charge in [0.05, 0.1) is 17.9 Å². The van der Waals surface area contributed by atoms with Gasteiger partial charge in [-0.3, -0.25) is 14.4 Å². The molecule has 1 N–H and O–H groups in total. The van der Waals surface area contributed by atoms with Crippen LogP contribution in [0.2, 0.25) is 0 Å². The Kier molecular flexibility index (Phi) is 8.84. The van der Waals surface area contributed by atoms with E-state index in [9.17, 15) is 18.4 Å². The number of nitrogens with one attached hydrogen (secondary N) is 1. The Morgan fingerprint density at radius 1 is 1.00 bits per heavy atom. The Morgan fingerprint density at radius 2 is 1.79 bits per heavy atom. The molecule has 226 valence electrons. The number of carbonyl (C=O) groups is 2. The van der Waals surface area contributed by atoms with E-state index in [-0.39, 0.29) is 35.4 Å². The number of aromatic nitrogens is 6. The average molecular weight is 611 g/mol. The van der Waals surface area contributed by atoms with Crippen LogP contribution in [0.15, 0.2) is 36.1 Å². The Hall–Kier alpha value is -4.04. The zero-order valence-electron chi connectivity index (χ0n) is 23.5. The number of amides is 1. The van der Waals surface area contributed by atoms with Crippen LogP contribution in [0.1, 0.15) is 67.9 Å². The SMILES string of the molecule is O=C(Nc1cn(C2CCCCC2)nc1-c1nc(F)ccc1F)c1csc(-c2cnn(C(=O)OCCN3CCCCC3)c2)n1. The van der Waals surface area contributed by atoms with Gasteiger partial charge in [0.1, 0.15) is 28.7 Å². The molecular weight excluding hydrogens is 578 g/mol. The second-order valence-electron chi connectivity index (χ2n) is 10.8. The topological polar surface area (TPSA) is 120 Å². The minimum atomic E-state index is -0.850. The number of piperidine rings is 1. The first-order chi connectivity index (χ1) is 20.9. The van der Waals surface area contributed by atoms with Crippen LogP contribution in [0.25, 0.3) is 22.0 Å². The van der Waals surface area contributed by atoms with Crippen molar-refractivity contribution in [1.29, 1.82) is 0 Å². The van der Waals surface area contributed by atoms with Gasteiger partial charge in [0.25, 0.3) is 5.91 Å². The van der Waals surface area contributed by atoms with E-state index in [2.05, 4.69) is 30.4 Å². The van der Waals surface area contributed by atoms with Crippen molar-refractivity contribution in [3.05, 3.63) is 53.6 Å². The average Bonchev–Trinajstić information content (AvgIpc) is 3.80. The third kappa shape index (κ3) is 6.80. The number of halogens is 2. The summed E-state index contributed by atoms with van der Waals surface area (Å²) in [7, 11) is 0. The number of pyridine rings is 1. The van der Waals surface area contributed by atoms with Crippen LogP contribution in [-0.4, -0.2) is 72.7 Å². The second-order valence-corrected chi connectivity index (χ2v) is 11.7. The van der Waals surface area contributed by atoms with Crippen molar-refractivity contribution < 1.29 is 23.1 Å². The van der Waals surface area contributed by atoms with E-state index >= 15 is 0 Å². The summed E-state index contributed by atoms with van der Waals surface area (Å²) in [5.41, 5.74) is 0.641. The highest BCUT2D eigenvalue weighted by Gasteiger charge is 2.24. The van der Waals surface area contributed by atoms with Crippen molar-refractivity contribution in [1.82, 2.24) is 34.4 Å². The molecule has 0 radical (unpaired) electrons. The zero-order valence-corrected chi connectivity index (χ0v) is 24.4. The maximum absolute atomic E-state index is 14.7. The van der Waals surface area contributed by atoms with Gasteiger partial charge in [-0.2, -0.15) is 19.3 Å². The van der Waals surface area contributed by atoms with Crippen LogP contribution >= 0.6 is 11.3 Å². The molecule has 2 aliphatic rings. The van der Waals surface area contributed by atoms with E-state index in [0.29, 0.717) is 17.1 Å². The van der Waals surface area contributed by atoms with Crippen molar-refractivity contribution in [2.75, 3.05) is 31.6 Å². The fourth-order valence-corrected chi connectivity index (χ4v) is 6.29. The molecule has 1 aliphatic carbocycles. The molecule has 6 rings (SSSR count). The molecule has 1 aliphatic heterocycles. The molecule has 1 saturated carbocycles. The first-order valence-electron chi connectivity index (χ1n) is 14.6. The number of ether oxygens (including phenoxy) is 1. The molecule has 0 spiro atoms. The number of hydrogen-bond donors (Lipinski definition) is 1. The zero-order chi connectivity index (χ0) is 29.8. The number of nitrogens with zero attached hydrogens (tertiary/aromatic N) is 7. The molecule has 4 aromatic rings. The maximum atomic E-state index is 14.7. The lowest BCUT2D eigenvalue weighted by Gasteiger charge is -2.25. The van der Waals surface area contributed by atoms with E-state index in [1.807, 2.05) is 0 Å². The van der Waals surface area contributed by atoms with Crippen molar-refractivity contribution in [2.24, 2.45) is 0 Å². The smallest absolute Gasteiger partial charge is 0.434 e. The molecule has 0 unspecified atom stereocenters. The van der Waals surface area contributed by atoms with Gasteiger partial charge >= 0.3 is 6.09 Å². The van der Waals surface area contributed by atoms with Gasteiger partial charge in [0.15, 0.2) is 5.82 Å². The highest BCUT2D eigenvalue weighted by atomic mass is 32.1. The number of carbonyl (C=O) groups excluding carboxylic acids is 2. The molecule has 11 nitrogen and oxygen atoms in total. The summed E-state index contributed by atoms with van der Waals surface area (Å²) in [6.45, 7) is 3.01. The van der Waals surface area contributed by atoms with Crippen LogP contribution in [0, 0.1) is 11.8 Å². The monoisotopic (exact) mass is 610 g/mol. The normalized spacial score (nSPS) is 16.3.